The van der Waals surface area contributed by atoms with Crippen LogP contribution >= 0.6 is 11.3 Å². The molecule has 3 N–H and O–H groups in total. The molecular formula is C9H13N5O2S2. The molecule has 0 amide bonds. The molecule has 0 saturated heterocycles. The molecule has 9 heteroatoms. The first-order chi connectivity index (χ1) is 8.31. The summed E-state index contributed by atoms with van der Waals surface area (Å²) in [5.74, 6) is 0.263. The summed E-state index contributed by atoms with van der Waals surface area (Å²) in [5, 5.41) is 4.73. The summed E-state index contributed by atoms with van der Waals surface area (Å²) in [5.41, 5.74) is 6.67. The van der Waals surface area contributed by atoms with Gasteiger partial charge in [0.25, 0.3) is 10.0 Å². The SMILES string of the molecule is Cc1ncc(S(=O)(=O)Nc2c(N)c(C)nn2C)s1. The summed E-state index contributed by atoms with van der Waals surface area (Å²) in [6.45, 7) is 3.45. The Bertz CT molecular complexity index is 686. The first kappa shape index (κ1) is 12.8. The average Bonchev–Trinajstić information content (AvgIpc) is 2.80. The standard InChI is InChI=1S/C9H13N5O2S2/c1-5-8(10)9(14(3)12-5)13-18(15,16)7-4-11-6(2)17-7/h4,13H,10H2,1-3H3. The fourth-order valence-electron chi connectivity index (χ4n) is 1.44. The lowest BCUT2D eigenvalue weighted by atomic mass is 10.4. The quantitative estimate of drug-likeness (QED) is 0.872. The largest absolute Gasteiger partial charge is 0.394 e. The average molecular weight is 287 g/mol. The molecule has 7 nitrogen and oxygen atoms in total. The van der Waals surface area contributed by atoms with E-state index in [9.17, 15) is 8.42 Å². The van der Waals surface area contributed by atoms with E-state index in [1.807, 2.05) is 0 Å². The number of nitrogens with two attached hydrogens (primary N) is 1. The van der Waals surface area contributed by atoms with Crippen LogP contribution in [0.4, 0.5) is 11.5 Å². The molecule has 0 bridgehead atoms. The molecular weight excluding hydrogens is 274 g/mol. The zero-order valence-corrected chi connectivity index (χ0v) is 11.8. The van der Waals surface area contributed by atoms with Crippen molar-refractivity contribution in [2.24, 2.45) is 7.05 Å². The van der Waals surface area contributed by atoms with Gasteiger partial charge in [-0.2, -0.15) is 5.10 Å². The van der Waals surface area contributed by atoms with E-state index in [-0.39, 0.29) is 10.0 Å². The highest BCUT2D eigenvalue weighted by atomic mass is 32.2. The number of hydrogen-bond acceptors (Lipinski definition) is 6. The van der Waals surface area contributed by atoms with Gasteiger partial charge in [-0.05, 0) is 13.8 Å². The van der Waals surface area contributed by atoms with E-state index in [4.69, 9.17) is 5.73 Å². The van der Waals surface area contributed by atoms with Gasteiger partial charge in [-0.25, -0.2) is 18.1 Å². The van der Waals surface area contributed by atoms with E-state index in [2.05, 4.69) is 14.8 Å². The van der Waals surface area contributed by atoms with Crippen LogP contribution in [0.15, 0.2) is 10.4 Å². The van der Waals surface area contributed by atoms with Gasteiger partial charge in [0.2, 0.25) is 0 Å². The summed E-state index contributed by atoms with van der Waals surface area (Å²) in [7, 11) is -2.03. The Hall–Kier alpha value is -1.61. The topological polar surface area (TPSA) is 103 Å². The molecule has 0 aliphatic rings. The minimum Gasteiger partial charge on any atom is -0.394 e. The van der Waals surface area contributed by atoms with Gasteiger partial charge < -0.3 is 5.73 Å². The molecule has 0 fully saturated rings. The Morgan fingerprint density at radius 3 is 2.56 bits per heavy atom. The molecule has 2 rings (SSSR count). The maximum Gasteiger partial charge on any atom is 0.274 e. The van der Waals surface area contributed by atoms with E-state index < -0.39 is 10.0 Å². The lowest BCUT2D eigenvalue weighted by molar-refractivity contribution is 0.602. The zero-order valence-electron chi connectivity index (χ0n) is 10.1. The maximum absolute atomic E-state index is 12.1. The third kappa shape index (κ3) is 2.18. The Morgan fingerprint density at radius 1 is 1.44 bits per heavy atom. The van der Waals surface area contributed by atoms with Crippen molar-refractivity contribution in [3.63, 3.8) is 0 Å². The van der Waals surface area contributed by atoms with Crippen LogP contribution in [0.5, 0.6) is 0 Å². The van der Waals surface area contributed by atoms with Gasteiger partial charge in [0.1, 0.15) is 0 Å². The predicted octanol–water partition coefficient (Wildman–Crippen LogP) is 0.876. The lowest BCUT2D eigenvalue weighted by Gasteiger charge is -2.06. The Morgan fingerprint density at radius 2 is 2.11 bits per heavy atom. The fourth-order valence-corrected chi connectivity index (χ4v) is 3.66. The van der Waals surface area contributed by atoms with Crippen molar-refractivity contribution >= 4 is 32.9 Å². The highest BCUT2D eigenvalue weighted by Crippen LogP contribution is 2.26. The highest BCUT2D eigenvalue weighted by molar-refractivity contribution is 7.94. The predicted molar refractivity (Wildman–Crippen MR) is 70.0 cm³/mol. The van der Waals surface area contributed by atoms with Crippen LogP contribution in [0.2, 0.25) is 0 Å². The molecule has 0 aliphatic carbocycles. The van der Waals surface area contributed by atoms with Crippen LogP contribution in [-0.2, 0) is 17.1 Å². The number of anilines is 2. The van der Waals surface area contributed by atoms with E-state index in [0.717, 1.165) is 11.3 Å². The van der Waals surface area contributed by atoms with Crippen molar-refractivity contribution in [2.45, 2.75) is 18.1 Å². The van der Waals surface area contributed by atoms with E-state index in [1.54, 1.807) is 20.9 Å². The molecule has 98 valence electrons. The summed E-state index contributed by atoms with van der Waals surface area (Å²) in [6.07, 6.45) is 1.32. The van der Waals surface area contributed by atoms with Crippen LogP contribution in [0, 0.1) is 13.8 Å². The van der Waals surface area contributed by atoms with Crippen molar-refractivity contribution < 1.29 is 8.42 Å². The van der Waals surface area contributed by atoms with Crippen molar-refractivity contribution in [1.29, 1.82) is 0 Å². The first-order valence-corrected chi connectivity index (χ1v) is 7.35. The highest BCUT2D eigenvalue weighted by Gasteiger charge is 2.21. The minimum atomic E-state index is -3.66. The monoisotopic (exact) mass is 287 g/mol. The molecule has 0 atom stereocenters. The smallest absolute Gasteiger partial charge is 0.274 e. The fraction of sp³-hybridized carbons (Fsp3) is 0.333. The minimum absolute atomic E-state index is 0.151. The van der Waals surface area contributed by atoms with Crippen molar-refractivity contribution in [1.82, 2.24) is 14.8 Å². The second-order valence-corrected chi connectivity index (χ2v) is 6.92. The molecule has 0 unspecified atom stereocenters. The molecule has 0 radical (unpaired) electrons. The van der Waals surface area contributed by atoms with Gasteiger partial charge >= 0.3 is 0 Å². The first-order valence-electron chi connectivity index (χ1n) is 5.05. The van der Waals surface area contributed by atoms with E-state index in [1.165, 1.54) is 10.9 Å². The Balaban J connectivity index is 2.39. The molecule has 0 aliphatic heterocycles. The number of aromatic nitrogens is 3. The number of rotatable bonds is 3. The van der Waals surface area contributed by atoms with Gasteiger partial charge in [-0.3, -0.25) is 4.72 Å². The van der Waals surface area contributed by atoms with Crippen molar-refractivity contribution in [2.75, 3.05) is 10.5 Å². The van der Waals surface area contributed by atoms with Crippen LogP contribution in [-0.4, -0.2) is 23.2 Å². The molecule has 0 saturated carbocycles. The van der Waals surface area contributed by atoms with Gasteiger partial charge in [-0.1, -0.05) is 0 Å². The van der Waals surface area contributed by atoms with Crippen LogP contribution < -0.4 is 10.5 Å². The molecule has 18 heavy (non-hydrogen) atoms. The Labute approximate surface area is 109 Å². The molecule has 2 aromatic rings. The molecule has 0 aromatic carbocycles. The number of hydrogen-bond donors (Lipinski definition) is 2. The van der Waals surface area contributed by atoms with Crippen molar-refractivity contribution in [3.8, 4) is 0 Å². The van der Waals surface area contributed by atoms with Gasteiger partial charge in [-0.15, -0.1) is 11.3 Å². The lowest BCUT2D eigenvalue weighted by Crippen LogP contribution is -2.15. The van der Waals surface area contributed by atoms with Crippen LogP contribution in [0.1, 0.15) is 10.7 Å². The summed E-state index contributed by atoms with van der Waals surface area (Å²) in [4.78, 5) is 3.92. The normalized spacial score (nSPS) is 11.7. The van der Waals surface area contributed by atoms with Gasteiger partial charge in [0.05, 0.1) is 22.6 Å². The third-order valence-electron chi connectivity index (χ3n) is 2.36. The van der Waals surface area contributed by atoms with E-state index in [0.29, 0.717) is 16.4 Å². The number of thiazole rings is 1. The molecule has 2 heterocycles. The summed E-state index contributed by atoms with van der Waals surface area (Å²) in [6, 6.07) is 0. The Kier molecular flexibility index (Phi) is 3.03. The molecule has 0 spiro atoms. The number of aryl methyl sites for hydroxylation is 3. The summed E-state index contributed by atoms with van der Waals surface area (Å²) < 4.78 is 28.2. The van der Waals surface area contributed by atoms with Crippen LogP contribution in [0.3, 0.4) is 0 Å². The van der Waals surface area contributed by atoms with Gasteiger partial charge in [0, 0.05) is 7.05 Å². The van der Waals surface area contributed by atoms with Crippen LogP contribution in [0.25, 0.3) is 0 Å². The summed E-state index contributed by atoms with van der Waals surface area (Å²) >= 11 is 1.10. The van der Waals surface area contributed by atoms with E-state index >= 15 is 0 Å². The zero-order chi connectivity index (χ0) is 13.5. The second kappa shape index (κ2) is 4.25. The van der Waals surface area contributed by atoms with Crippen molar-refractivity contribution in [3.05, 3.63) is 16.9 Å². The second-order valence-electron chi connectivity index (χ2n) is 3.78. The van der Waals surface area contributed by atoms with Gasteiger partial charge in [0.15, 0.2) is 10.0 Å². The number of nitrogen functional groups attached to an aromatic ring is 1. The number of sulfonamides is 1. The maximum atomic E-state index is 12.1. The number of nitrogens with zero attached hydrogens (tertiary/aromatic N) is 3. The molecule has 2 aromatic heterocycles. The number of nitrogens with one attached hydrogen (secondary N) is 1. The third-order valence-corrected chi connectivity index (χ3v) is 5.08.